The predicted molar refractivity (Wildman–Crippen MR) is 208 cm³/mol. The van der Waals surface area contributed by atoms with Crippen molar-refractivity contribution in [1.82, 2.24) is 0 Å². The number of nitrogens with two attached hydrogens (primary N) is 1. The number of phosphoric acid groups is 1. The van der Waals surface area contributed by atoms with Crippen LogP contribution in [0.1, 0.15) is 181 Å². The maximum Gasteiger partial charge on any atom is 0.472 e. The molecule has 0 aromatic heterocycles. The summed E-state index contributed by atoms with van der Waals surface area (Å²) in [4.78, 5) is 45.8. The fourth-order valence-corrected chi connectivity index (χ4v) is 6.17. The molecular weight excluding hydrogens is 685 g/mol. The third kappa shape index (κ3) is 35.0. The first kappa shape index (κ1) is 50.0. The van der Waals surface area contributed by atoms with Gasteiger partial charge in [0.05, 0.1) is 13.2 Å². The van der Waals surface area contributed by atoms with Crippen LogP contribution >= 0.6 is 7.82 Å². The van der Waals surface area contributed by atoms with Crippen molar-refractivity contribution in [3.8, 4) is 0 Å². The van der Waals surface area contributed by atoms with E-state index in [1.165, 1.54) is 70.6 Å². The largest absolute Gasteiger partial charge is 0.480 e. The Bertz CT molecular complexity index is 989. The zero-order chi connectivity index (χ0) is 38.5. The number of allylic oxidation sites excluding steroid dienone is 4. The second kappa shape index (κ2) is 36.0. The van der Waals surface area contributed by atoms with Crippen LogP contribution in [0.25, 0.3) is 0 Å². The summed E-state index contributed by atoms with van der Waals surface area (Å²) in [6.07, 6.45) is 35.3. The van der Waals surface area contributed by atoms with Gasteiger partial charge in [-0.3, -0.25) is 23.4 Å². The molecule has 0 aromatic carbocycles. The highest BCUT2D eigenvalue weighted by atomic mass is 31.2. The fraction of sp³-hybridized carbons (Fsp3) is 0.825. The number of carbonyl (C=O) groups excluding carboxylic acids is 2. The Hall–Kier alpha value is -2.04. The van der Waals surface area contributed by atoms with E-state index < -0.39 is 51.1 Å². The lowest BCUT2D eigenvalue weighted by atomic mass is 10.1. The second-order valence-electron chi connectivity index (χ2n) is 13.8. The summed E-state index contributed by atoms with van der Waals surface area (Å²) in [7, 11) is -4.71. The number of unbranched alkanes of at least 4 members (excludes halogenated alkanes) is 20. The van der Waals surface area contributed by atoms with Gasteiger partial charge in [0.15, 0.2) is 6.10 Å². The number of aliphatic carboxylic acids is 1. The molecule has 12 heteroatoms. The van der Waals surface area contributed by atoms with E-state index in [-0.39, 0.29) is 19.4 Å². The number of carbonyl (C=O) groups is 3. The van der Waals surface area contributed by atoms with Gasteiger partial charge in [0.25, 0.3) is 0 Å². The number of hydrogen-bond donors (Lipinski definition) is 3. The average Bonchev–Trinajstić information content (AvgIpc) is 3.12. The topological polar surface area (TPSA) is 172 Å². The Morgan fingerprint density at radius 3 is 1.46 bits per heavy atom. The summed E-state index contributed by atoms with van der Waals surface area (Å²) in [5, 5.41) is 8.86. The molecule has 0 rings (SSSR count). The Kier molecular flexibility index (Phi) is 34.6. The first-order chi connectivity index (χ1) is 25.1. The van der Waals surface area contributed by atoms with Crippen molar-refractivity contribution in [2.75, 3.05) is 19.8 Å². The van der Waals surface area contributed by atoms with Gasteiger partial charge in [0, 0.05) is 12.8 Å². The van der Waals surface area contributed by atoms with E-state index in [0.29, 0.717) is 12.8 Å². The van der Waals surface area contributed by atoms with Crippen LogP contribution in [0, 0.1) is 0 Å². The molecule has 3 unspecified atom stereocenters. The fourth-order valence-electron chi connectivity index (χ4n) is 5.39. The number of carboxylic acids is 1. The lowest BCUT2D eigenvalue weighted by molar-refractivity contribution is -0.161. The summed E-state index contributed by atoms with van der Waals surface area (Å²) in [6, 6.07) is -1.52. The quantitative estimate of drug-likeness (QED) is 0.0237. The third-order valence-corrected chi connectivity index (χ3v) is 9.62. The first-order valence-electron chi connectivity index (χ1n) is 20.4. The SMILES string of the molecule is CCCC/C=C\CCCCCCCC(=O)OCC(COP(=O)(O)OCC(N)C(=O)O)OC(=O)CCCCCCCCC/C=C\CCCCCCCC. The molecule has 0 radical (unpaired) electrons. The van der Waals surface area contributed by atoms with Crippen molar-refractivity contribution in [2.24, 2.45) is 5.73 Å². The van der Waals surface area contributed by atoms with Gasteiger partial charge in [-0.2, -0.15) is 0 Å². The van der Waals surface area contributed by atoms with Crippen LogP contribution in [-0.4, -0.2) is 59.9 Å². The van der Waals surface area contributed by atoms with Crippen LogP contribution in [-0.2, 0) is 37.5 Å². The molecule has 304 valence electrons. The van der Waals surface area contributed by atoms with E-state index in [0.717, 1.165) is 70.6 Å². The van der Waals surface area contributed by atoms with Gasteiger partial charge in [-0.15, -0.1) is 0 Å². The van der Waals surface area contributed by atoms with Crippen LogP contribution in [0.4, 0.5) is 0 Å². The summed E-state index contributed by atoms with van der Waals surface area (Å²) >= 11 is 0. The van der Waals surface area contributed by atoms with Crippen molar-refractivity contribution in [2.45, 2.75) is 193 Å². The highest BCUT2D eigenvalue weighted by molar-refractivity contribution is 7.47. The molecule has 0 amide bonds. The smallest absolute Gasteiger partial charge is 0.472 e. The van der Waals surface area contributed by atoms with E-state index in [2.05, 4.69) is 42.7 Å². The monoisotopic (exact) mass is 760 g/mol. The van der Waals surface area contributed by atoms with E-state index in [9.17, 15) is 23.8 Å². The number of hydrogen-bond acceptors (Lipinski definition) is 9. The molecule has 0 aliphatic heterocycles. The van der Waals surface area contributed by atoms with E-state index >= 15 is 0 Å². The molecule has 0 aliphatic carbocycles. The molecule has 0 aliphatic rings. The normalized spacial score (nSPS) is 14.1. The van der Waals surface area contributed by atoms with Crippen LogP contribution in [0.5, 0.6) is 0 Å². The number of rotatable bonds is 38. The molecule has 3 atom stereocenters. The first-order valence-corrected chi connectivity index (χ1v) is 21.9. The van der Waals surface area contributed by atoms with Gasteiger partial charge >= 0.3 is 25.7 Å². The molecule has 0 aromatic rings. The minimum atomic E-state index is -4.71. The van der Waals surface area contributed by atoms with Crippen LogP contribution < -0.4 is 5.73 Å². The van der Waals surface area contributed by atoms with Crippen molar-refractivity contribution in [1.29, 1.82) is 0 Å². The van der Waals surface area contributed by atoms with Crippen molar-refractivity contribution in [3.63, 3.8) is 0 Å². The van der Waals surface area contributed by atoms with Gasteiger partial charge in [-0.1, -0.05) is 134 Å². The van der Waals surface area contributed by atoms with Crippen LogP contribution in [0.2, 0.25) is 0 Å². The summed E-state index contributed by atoms with van der Waals surface area (Å²) in [5.41, 5.74) is 5.32. The predicted octanol–water partition coefficient (Wildman–Crippen LogP) is 10.3. The van der Waals surface area contributed by atoms with E-state index in [1.807, 2.05) is 0 Å². The summed E-state index contributed by atoms with van der Waals surface area (Å²) < 4.78 is 32.6. The Balaban J connectivity index is 4.39. The second-order valence-corrected chi connectivity index (χ2v) is 15.2. The van der Waals surface area contributed by atoms with Gasteiger partial charge in [0.2, 0.25) is 0 Å². The summed E-state index contributed by atoms with van der Waals surface area (Å²) in [6.45, 7) is 2.74. The minimum absolute atomic E-state index is 0.156. The molecule has 0 saturated carbocycles. The van der Waals surface area contributed by atoms with E-state index in [1.54, 1.807) is 0 Å². The number of ether oxygens (including phenoxy) is 2. The number of phosphoric ester groups is 1. The molecule has 0 spiro atoms. The maximum absolute atomic E-state index is 12.6. The lowest BCUT2D eigenvalue weighted by Gasteiger charge is -2.20. The molecule has 4 N–H and O–H groups in total. The molecule has 0 fully saturated rings. The molecule has 52 heavy (non-hydrogen) atoms. The molecule has 0 saturated heterocycles. The Morgan fingerprint density at radius 1 is 0.577 bits per heavy atom. The average molecular weight is 760 g/mol. The zero-order valence-electron chi connectivity index (χ0n) is 32.7. The van der Waals surface area contributed by atoms with Crippen molar-refractivity contribution < 1.29 is 47.5 Å². The Labute approximate surface area is 315 Å². The van der Waals surface area contributed by atoms with Crippen molar-refractivity contribution >= 4 is 25.7 Å². The highest BCUT2D eigenvalue weighted by Crippen LogP contribution is 2.43. The molecular formula is C40H74NO10P. The Morgan fingerprint density at radius 2 is 0.981 bits per heavy atom. The van der Waals surface area contributed by atoms with Crippen molar-refractivity contribution in [3.05, 3.63) is 24.3 Å². The van der Waals surface area contributed by atoms with Crippen LogP contribution in [0.15, 0.2) is 24.3 Å². The highest BCUT2D eigenvalue weighted by Gasteiger charge is 2.28. The van der Waals surface area contributed by atoms with E-state index in [4.69, 9.17) is 24.8 Å². The number of carboxylic acid groups (broad SMARTS) is 1. The minimum Gasteiger partial charge on any atom is -0.480 e. The standard InChI is InChI=1S/C40H74NO10P/c1-3-5-7-9-11-13-15-16-17-18-19-20-22-24-26-28-30-32-39(43)51-36(34-49-52(46,47)50-35-37(41)40(44)45)33-48-38(42)31-29-27-25-23-21-14-12-10-8-6-4-2/h10,12,16-17,36-37H,3-9,11,13-15,18-35,41H2,1-2H3,(H,44,45)(H,46,47)/b12-10-,17-16-. The third-order valence-electron chi connectivity index (χ3n) is 8.67. The van der Waals surface area contributed by atoms with Gasteiger partial charge in [0.1, 0.15) is 12.6 Å². The van der Waals surface area contributed by atoms with Gasteiger partial charge in [-0.25, -0.2) is 4.57 Å². The molecule has 0 heterocycles. The van der Waals surface area contributed by atoms with Crippen LogP contribution in [0.3, 0.4) is 0 Å². The number of esters is 2. The lowest BCUT2D eigenvalue weighted by Crippen LogP contribution is -2.34. The maximum atomic E-state index is 12.6. The van der Waals surface area contributed by atoms with Gasteiger partial charge < -0.3 is 25.2 Å². The molecule has 11 nitrogen and oxygen atoms in total. The summed E-state index contributed by atoms with van der Waals surface area (Å²) in [5.74, 6) is -2.39. The van der Waals surface area contributed by atoms with Gasteiger partial charge in [-0.05, 0) is 57.8 Å². The molecule has 0 bridgehead atoms. The zero-order valence-corrected chi connectivity index (χ0v) is 33.5.